The van der Waals surface area contributed by atoms with E-state index in [1.807, 2.05) is 0 Å². The van der Waals surface area contributed by atoms with Crippen LogP contribution in [0.2, 0.25) is 0 Å². The number of carbonyl (C=O) groups excluding carboxylic acids is 3. The molecule has 0 bridgehead atoms. The van der Waals surface area contributed by atoms with Gasteiger partial charge in [0.1, 0.15) is 11.2 Å². The highest BCUT2D eigenvalue weighted by atomic mass is 16.6. The first kappa shape index (κ1) is 19.0. The van der Waals surface area contributed by atoms with Crippen LogP contribution in [0.25, 0.3) is 0 Å². The normalized spacial score (nSPS) is 53.2. The third-order valence-electron chi connectivity index (χ3n) is 10.2. The fourth-order valence-corrected chi connectivity index (χ4v) is 8.69. The van der Waals surface area contributed by atoms with E-state index in [4.69, 9.17) is 14.2 Å². The van der Waals surface area contributed by atoms with Gasteiger partial charge in [-0.15, -0.1) is 0 Å². The molecule has 0 aromatic rings. The molecule has 2 heterocycles. The van der Waals surface area contributed by atoms with Crippen LogP contribution in [0, 0.1) is 28.6 Å². The number of methoxy groups -OCH3 is 1. The Balaban J connectivity index is 1.49. The first-order valence-corrected chi connectivity index (χ1v) is 11.4. The van der Waals surface area contributed by atoms with Crippen molar-refractivity contribution < 1.29 is 28.6 Å². The molecule has 6 nitrogen and oxygen atoms in total. The third kappa shape index (κ3) is 1.94. The van der Waals surface area contributed by atoms with Crippen LogP contribution in [0.5, 0.6) is 0 Å². The molecule has 8 atom stereocenters. The first-order valence-electron chi connectivity index (χ1n) is 11.4. The lowest BCUT2D eigenvalue weighted by Gasteiger charge is -2.58. The maximum absolute atomic E-state index is 13.0. The SMILES string of the molecule is COC(=O)[C@@H]1CC2=CC(=O)CC[C@]2(C)[C@@]23OC2C[C@@]2(C)[C@@H](CC[C@@]24CCC(=O)O4)C13. The summed E-state index contributed by atoms with van der Waals surface area (Å²) in [6.07, 6.45) is 7.61. The molecule has 6 rings (SSSR count). The van der Waals surface area contributed by atoms with Crippen molar-refractivity contribution in [3.05, 3.63) is 11.6 Å². The van der Waals surface area contributed by atoms with Crippen LogP contribution < -0.4 is 0 Å². The van der Waals surface area contributed by atoms with Gasteiger partial charge < -0.3 is 14.2 Å². The van der Waals surface area contributed by atoms with Gasteiger partial charge in [0, 0.05) is 29.6 Å². The van der Waals surface area contributed by atoms with Crippen molar-refractivity contribution in [3.63, 3.8) is 0 Å². The minimum absolute atomic E-state index is 0.0303. The number of hydrogen-bond acceptors (Lipinski definition) is 6. The van der Waals surface area contributed by atoms with E-state index < -0.39 is 11.2 Å². The summed E-state index contributed by atoms with van der Waals surface area (Å²) in [4.78, 5) is 37.4. The molecule has 2 unspecified atom stereocenters. The predicted octanol–water partition coefficient (Wildman–Crippen LogP) is 3.12. The largest absolute Gasteiger partial charge is 0.469 e. The Morgan fingerprint density at radius 3 is 2.67 bits per heavy atom. The second kappa shape index (κ2) is 5.56. The molecule has 162 valence electrons. The summed E-state index contributed by atoms with van der Waals surface area (Å²) in [5.74, 6) is -0.201. The minimum atomic E-state index is -0.424. The van der Waals surface area contributed by atoms with Crippen molar-refractivity contribution in [1.29, 1.82) is 0 Å². The van der Waals surface area contributed by atoms with Gasteiger partial charge in [0.2, 0.25) is 0 Å². The standard InChI is InChI=1S/C24H30O6/c1-21-7-4-14(25)10-13(21)11-15(20(27)28-3)19-16-5-8-23(9-6-18(26)30-23)22(16,2)12-17-24(19,21)29-17/h10,15-17,19H,4-9,11-12H2,1-3H3/t15-,16+,17?,19?,21+,22+,23-,24-/m1/s1. The molecule has 0 aromatic carbocycles. The quantitative estimate of drug-likeness (QED) is 0.484. The van der Waals surface area contributed by atoms with E-state index in [1.54, 1.807) is 6.08 Å². The van der Waals surface area contributed by atoms with Gasteiger partial charge in [-0.05, 0) is 50.5 Å². The molecule has 5 fully saturated rings. The molecule has 2 aliphatic heterocycles. The van der Waals surface area contributed by atoms with Crippen molar-refractivity contribution in [3.8, 4) is 0 Å². The number of ketones is 1. The summed E-state index contributed by atoms with van der Waals surface area (Å²) in [5, 5.41) is 0. The summed E-state index contributed by atoms with van der Waals surface area (Å²) >= 11 is 0. The molecule has 0 amide bonds. The van der Waals surface area contributed by atoms with Gasteiger partial charge in [0.05, 0.1) is 19.1 Å². The van der Waals surface area contributed by atoms with E-state index in [0.717, 1.165) is 37.7 Å². The highest BCUT2D eigenvalue weighted by Crippen LogP contribution is 2.78. The van der Waals surface area contributed by atoms with E-state index in [1.165, 1.54) is 7.11 Å². The number of rotatable bonds is 1. The fraction of sp³-hybridized carbons (Fsp3) is 0.792. The molecule has 2 spiro atoms. The molecule has 0 radical (unpaired) electrons. The molecule has 4 aliphatic carbocycles. The van der Waals surface area contributed by atoms with Crippen molar-refractivity contribution in [2.45, 2.75) is 82.5 Å². The average molecular weight is 414 g/mol. The summed E-state index contributed by atoms with van der Waals surface area (Å²) in [5.41, 5.74) is -0.175. The lowest BCUT2D eigenvalue weighted by atomic mass is 9.43. The van der Waals surface area contributed by atoms with Gasteiger partial charge >= 0.3 is 11.9 Å². The lowest BCUT2D eigenvalue weighted by Crippen LogP contribution is -2.63. The van der Waals surface area contributed by atoms with Crippen molar-refractivity contribution in [2.24, 2.45) is 28.6 Å². The summed E-state index contributed by atoms with van der Waals surface area (Å²) in [7, 11) is 1.45. The molecular weight excluding hydrogens is 384 g/mol. The van der Waals surface area contributed by atoms with Crippen molar-refractivity contribution >= 4 is 17.7 Å². The Morgan fingerprint density at radius 2 is 1.97 bits per heavy atom. The highest BCUT2D eigenvalue weighted by molar-refractivity contribution is 5.92. The van der Waals surface area contributed by atoms with E-state index >= 15 is 0 Å². The number of epoxide rings is 1. The zero-order chi connectivity index (χ0) is 21.1. The average Bonchev–Trinajstić information content (AvgIpc) is 3.20. The van der Waals surface area contributed by atoms with E-state index in [9.17, 15) is 14.4 Å². The first-order chi connectivity index (χ1) is 14.2. The molecule has 0 aromatic heterocycles. The Labute approximate surface area is 176 Å². The Kier molecular flexibility index (Phi) is 3.53. The fourth-order valence-electron chi connectivity index (χ4n) is 8.69. The molecule has 3 saturated carbocycles. The molecule has 6 heteroatoms. The zero-order valence-electron chi connectivity index (χ0n) is 18.0. The van der Waals surface area contributed by atoms with E-state index in [-0.39, 0.29) is 52.4 Å². The van der Waals surface area contributed by atoms with Gasteiger partial charge in [-0.25, -0.2) is 0 Å². The Morgan fingerprint density at radius 1 is 1.17 bits per heavy atom. The maximum atomic E-state index is 13.0. The molecule has 6 aliphatic rings. The summed E-state index contributed by atoms with van der Waals surface area (Å²) < 4.78 is 17.9. The number of ether oxygens (including phenoxy) is 3. The molecule has 30 heavy (non-hydrogen) atoms. The van der Waals surface area contributed by atoms with Crippen molar-refractivity contribution in [2.75, 3.05) is 7.11 Å². The number of hydrogen-bond donors (Lipinski definition) is 0. The molecular formula is C24H30O6. The van der Waals surface area contributed by atoms with Crippen LogP contribution in [0.3, 0.4) is 0 Å². The smallest absolute Gasteiger partial charge is 0.309 e. The van der Waals surface area contributed by atoms with Gasteiger partial charge in [-0.2, -0.15) is 0 Å². The number of esters is 2. The van der Waals surface area contributed by atoms with Crippen LogP contribution in [-0.2, 0) is 28.6 Å². The highest BCUT2D eigenvalue weighted by Gasteiger charge is 2.83. The van der Waals surface area contributed by atoms with E-state index in [2.05, 4.69) is 13.8 Å². The maximum Gasteiger partial charge on any atom is 0.309 e. The lowest BCUT2D eigenvalue weighted by molar-refractivity contribution is -0.172. The summed E-state index contributed by atoms with van der Waals surface area (Å²) in [6.45, 7) is 4.51. The minimum Gasteiger partial charge on any atom is -0.469 e. The number of carbonyl (C=O) groups is 3. The van der Waals surface area contributed by atoms with Gasteiger partial charge in [-0.1, -0.05) is 19.4 Å². The van der Waals surface area contributed by atoms with Crippen molar-refractivity contribution in [1.82, 2.24) is 0 Å². The van der Waals surface area contributed by atoms with Crippen LogP contribution in [0.4, 0.5) is 0 Å². The van der Waals surface area contributed by atoms with Gasteiger partial charge in [-0.3, -0.25) is 14.4 Å². The second-order valence-corrected chi connectivity index (χ2v) is 11.0. The van der Waals surface area contributed by atoms with Crippen LogP contribution in [-0.4, -0.2) is 42.1 Å². The Bertz CT molecular complexity index is 907. The third-order valence-corrected chi connectivity index (χ3v) is 10.2. The van der Waals surface area contributed by atoms with Gasteiger partial charge in [0.15, 0.2) is 5.78 Å². The zero-order valence-corrected chi connectivity index (χ0v) is 18.0. The van der Waals surface area contributed by atoms with Gasteiger partial charge in [0.25, 0.3) is 0 Å². The predicted molar refractivity (Wildman–Crippen MR) is 105 cm³/mol. The second-order valence-electron chi connectivity index (χ2n) is 11.0. The van der Waals surface area contributed by atoms with Crippen LogP contribution in [0.15, 0.2) is 11.6 Å². The summed E-state index contributed by atoms with van der Waals surface area (Å²) in [6, 6.07) is 0. The number of fused-ring (bicyclic) bond motifs is 4. The Hall–Kier alpha value is -1.69. The van der Waals surface area contributed by atoms with E-state index in [0.29, 0.717) is 19.3 Å². The topological polar surface area (TPSA) is 82.2 Å². The molecule has 2 saturated heterocycles. The molecule has 0 N–H and O–H groups in total. The van der Waals surface area contributed by atoms with Crippen LogP contribution in [0.1, 0.15) is 65.2 Å². The monoisotopic (exact) mass is 414 g/mol. The van der Waals surface area contributed by atoms with Crippen LogP contribution >= 0.6 is 0 Å².